The van der Waals surface area contributed by atoms with Gasteiger partial charge in [-0.05, 0) is 35.9 Å². The number of carbonyl (C=O) groups excluding carboxylic acids is 1. The van der Waals surface area contributed by atoms with Gasteiger partial charge in [-0.3, -0.25) is 29.3 Å². The monoisotopic (exact) mass is 477 g/mol. The van der Waals surface area contributed by atoms with Crippen molar-refractivity contribution in [1.29, 1.82) is 0 Å². The van der Waals surface area contributed by atoms with Gasteiger partial charge in [0, 0.05) is 24.5 Å². The normalized spacial score (nSPS) is 10.7. The number of benzene rings is 2. The lowest BCUT2D eigenvalue weighted by Gasteiger charge is -2.14. The van der Waals surface area contributed by atoms with Crippen molar-refractivity contribution in [3.8, 4) is 5.75 Å². The van der Waals surface area contributed by atoms with Crippen LogP contribution in [0.2, 0.25) is 0 Å². The number of anilines is 1. The van der Waals surface area contributed by atoms with Crippen LogP contribution < -0.4 is 15.6 Å². The van der Waals surface area contributed by atoms with Crippen molar-refractivity contribution in [3.05, 3.63) is 93.0 Å². The van der Waals surface area contributed by atoms with Crippen molar-refractivity contribution in [3.63, 3.8) is 0 Å². The molecule has 172 valence electrons. The van der Waals surface area contributed by atoms with Crippen LogP contribution in [0, 0.1) is 10.1 Å². The average Bonchev–Trinajstić information content (AvgIpc) is 2.85. The summed E-state index contributed by atoms with van der Waals surface area (Å²) in [5, 5.41) is 14.6. The number of nitrogens with one attached hydrogen (secondary N) is 1. The highest BCUT2D eigenvalue weighted by Gasteiger charge is 2.16. The predicted molar refractivity (Wildman–Crippen MR) is 128 cm³/mol. The first-order valence-electron chi connectivity index (χ1n) is 10.1. The van der Waals surface area contributed by atoms with E-state index in [4.69, 9.17) is 4.74 Å². The summed E-state index contributed by atoms with van der Waals surface area (Å²) < 4.78 is 6.70. The third kappa shape index (κ3) is 5.04. The van der Waals surface area contributed by atoms with Crippen molar-refractivity contribution >= 4 is 39.9 Å². The number of nitro groups is 1. The first-order chi connectivity index (χ1) is 16.5. The smallest absolute Gasteiger partial charge is 0.271 e. The molecule has 10 nitrogen and oxygen atoms in total. The number of ether oxygens (including phenoxy) is 1. The zero-order valence-corrected chi connectivity index (χ0v) is 18.8. The number of amides is 1. The SMILES string of the molecule is COc1ccc([N+](=O)[O-])cc1NC(=O)CSc1nc2ccccc2c(=O)n1Cc1ccncc1. The van der Waals surface area contributed by atoms with Gasteiger partial charge < -0.3 is 10.1 Å². The summed E-state index contributed by atoms with van der Waals surface area (Å²) in [6, 6.07) is 14.6. The van der Waals surface area contributed by atoms with Gasteiger partial charge in [-0.1, -0.05) is 23.9 Å². The lowest BCUT2D eigenvalue weighted by molar-refractivity contribution is -0.384. The predicted octanol–water partition coefficient (Wildman–Crippen LogP) is 3.49. The van der Waals surface area contributed by atoms with Gasteiger partial charge in [0.25, 0.3) is 11.2 Å². The van der Waals surface area contributed by atoms with Crippen LogP contribution in [0.5, 0.6) is 5.75 Å². The molecule has 0 spiro atoms. The Bertz CT molecular complexity index is 1420. The van der Waals surface area contributed by atoms with E-state index in [1.807, 2.05) is 0 Å². The van der Waals surface area contributed by atoms with Crippen molar-refractivity contribution in [1.82, 2.24) is 14.5 Å². The number of aromatic nitrogens is 3. The van der Waals surface area contributed by atoms with E-state index in [0.717, 1.165) is 17.3 Å². The molecule has 1 amide bonds. The maximum atomic E-state index is 13.2. The van der Waals surface area contributed by atoms with E-state index in [0.29, 0.717) is 21.8 Å². The molecule has 0 radical (unpaired) electrons. The number of pyridine rings is 1. The minimum absolute atomic E-state index is 0.0764. The van der Waals surface area contributed by atoms with Crippen LogP contribution in [-0.2, 0) is 11.3 Å². The number of fused-ring (bicyclic) bond motifs is 1. The summed E-state index contributed by atoms with van der Waals surface area (Å²) in [6.45, 7) is 0.266. The summed E-state index contributed by atoms with van der Waals surface area (Å²) in [5.41, 5.74) is 1.18. The average molecular weight is 478 g/mol. The molecule has 34 heavy (non-hydrogen) atoms. The molecule has 2 heterocycles. The van der Waals surface area contributed by atoms with Crippen molar-refractivity contribution in [2.75, 3.05) is 18.2 Å². The van der Waals surface area contributed by atoms with E-state index in [1.54, 1.807) is 48.8 Å². The van der Waals surface area contributed by atoms with Crippen LogP contribution >= 0.6 is 11.8 Å². The van der Waals surface area contributed by atoms with Crippen LogP contribution in [0.15, 0.2) is 76.9 Å². The van der Waals surface area contributed by atoms with Crippen LogP contribution in [0.3, 0.4) is 0 Å². The Morgan fingerprint density at radius 1 is 1.18 bits per heavy atom. The molecule has 4 aromatic rings. The molecule has 11 heteroatoms. The second kappa shape index (κ2) is 10.1. The van der Waals surface area contributed by atoms with Crippen molar-refractivity contribution in [2.24, 2.45) is 0 Å². The van der Waals surface area contributed by atoms with Crippen LogP contribution in [0.1, 0.15) is 5.56 Å². The Balaban J connectivity index is 1.60. The maximum Gasteiger partial charge on any atom is 0.271 e. The van der Waals surface area contributed by atoms with Gasteiger partial charge >= 0.3 is 0 Å². The second-order valence-corrected chi connectivity index (χ2v) is 8.08. The molecule has 2 aromatic carbocycles. The molecule has 4 rings (SSSR count). The summed E-state index contributed by atoms with van der Waals surface area (Å²) in [6.07, 6.45) is 3.28. The molecule has 0 saturated heterocycles. The van der Waals surface area contributed by atoms with E-state index >= 15 is 0 Å². The molecule has 0 aliphatic heterocycles. The lowest BCUT2D eigenvalue weighted by atomic mass is 10.2. The number of hydrogen-bond donors (Lipinski definition) is 1. The Morgan fingerprint density at radius 3 is 2.68 bits per heavy atom. The van der Waals surface area contributed by atoms with E-state index in [9.17, 15) is 19.7 Å². The Morgan fingerprint density at radius 2 is 1.94 bits per heavy atom. The summed E-state index contributed by atoms with van der Waals surface area (Å²) in [5.74, 6) is -0.212. The number of non-ortho nitro benzene ring substituents is 1. The maximum absolute atomic E-state index is 13.2. The molecule has 0 atom stereocenters. The van der Waals surface area contributed by atoms with Gasteiger partial charge in [-0.15, -0.1) is 0 Å². The number of rotatable bonds is 8. The van der Waals surface area contributed by atoms with Gasteiger partial charge in [0.1, 0.15) is 5.75 Å². The zero-order valence-electron chi connectivity index (χ0n) is 18.0. The molecule has 0 aliphatic rings. The molecular weight excluding hydrogens is 458 g/mol. The standard InChI is InChI=1S/C23H19N5O5S/c1-33-20-7-6-16(28(31)32)12-19(20)25-21(29)14-34-23-26-18-5-3-2-4-17(18)22(30)27(23)13-15-8-10-24-11-9-15/h2-12H,13-14H2,1H3,(H,25,29). The minimum atomic E-state index is -0.555. The topological polar surface area (TPSA) is 129 Å². The number of hydrogen-bond acceptors (Lipinski definition) is 8. The van der Waals surface area contributed by atoms with Gasteiger partial charge in [-0.25, -0.2) is 4.98 Å². The summed E-state index contributed by atoms with van der Waals surface area (Å²) in [4.78, 5) is 45.0. The lowest BCUT2D eigenvalue weighted by Crippen LogP contribution is -2.25. The molecular formula is C23H19N5O5S. The van der Waals surface area contributed by atoms with Gasteiger partial charge in [0.15, 0.2) is 5.16 Å². The fourth-order valence-electron chi connectivity index (χ4n) is 3.29. The number of para-hydroxylation sites is 1. The van der Waals surface area contributed by atoms with Crippen molar-refractivity contribution in [2.45, 2.75) is 11.7 Å². The van der Waals surface area contributed by atoms with E-state index in [-0.39, 0.29) is 29.2 Å². The van der Waals surface area contributed by atoms with E-state index < -0.39 is 10.8 Å². The van der Waals surface area contributed by atoms with Crippen LogP contribution in [-0.4, -0.2) is 38.2 Å². The Hall–Kier alpha value is -4.25. The van der Waals surface area contributed by atoms with Gasteiger partial charge in [-0.2, -0.15) is 0 Å². The van der Waals surface area contributed by atoms with Crippen LogP contribution in [0.25, 0.3) is 10.9 Å². The number of thioether (sulfide) groups is 1. The quantitative estimate of drug-likeness (QED) is 0.177. The molecule has 0 aliphatic carbocycles. The molecule has 0 unspecified atom stereocenters. The van der Waals surface area contributed by atoms with E-state index in [2.05, 4.69) is 15.3 Å². The van der Waals surface area contributed by atoms with Crippen LogP contribution in [0.4, 0.5) is 11.4 Å². The Labute approximate surface area is 197 Å². The zero-order chi connectivity index (χ0) is 24.1. The van der Waals surface area contributed by atoms with Gasteiger partial charge in [0.05, 0.1) is 40.9 Å². The van der Waals surface area contributed by atoms with E-state index in [1.165, 1.54) is 29.9 Å². The Kier molecular flexibility index (Phi) is 6.83. The molecule has 1 N–H and O–H groups in total. The summed E-state index contributed by atoms with van der Waals surface area (Å²) in [7, 11) is 1.41. The molecule has 0 saturated carbocycles. The fourth-order valence-corrected chi connectivity index (χ4v) is 4.09. The fraction of sp³-hybridized carbons (Fsp3) is 0.130. The molecule has 0 bridgehead atoms. The minimum Gasteiger partial charge on any atom is -0.495 e. The summed E-state index contributed by atoms with van der Waals surface area (Å²) >= 11 is 1.10. The highest BCUT2D eigenvalue weighted by Crippen LogP contribution is 2.29. The third-order valence-electron chi connectivity index (χ3n) is 4.92. The largest absolute Gasteiger partial charge is 0.495 e. The third-order valence-corrected chi connectivity index (χ3v) is 5.89. The number of methoxy groups -OCH3 is 1. The first kappa shape index (κ1) is 22.9. The first-order valence-corrected chi connectivity index (χ1v) is 11.1. The molecule has 0 fully saturated rings. The van der Waals surface area contributed by atoms with Gasteiger partial charge in [0.2, 0.25) is 5.91 Å². The number of nitrogens with zero attached hydrogens (tertiary/aromatic N) is 4. The molecule has 2 aromatic heterocycles. The highest BCUT2D eigenvalue weighted by atomic mass is 32.2. The number of nitro benzene ring substituents is 1. The second-order valence-electron chi connectivity index (χ2n) is 7.14. The van der Waals surface area contributed by atoms with Crippen molar-refractivity contribution < 1.29 is 14.5 Å². The number of carbonyl (C=O) groups is 1. The highest BCUT2D eigenvalue weighted by molar-refractivity contribution is 7.99.